The number of methoxy groups -OCH3 is 1. The second-order valence-electron chi connectivity index (χ2n) is 3.34. The highest BCUT2D eigenvalue weighted by Crippen LogP contribution is 2.08. The van der Waals surface area contributed by atoms with E-state index in [1.807, 2.05) is 0 Å². The molecule has 2 N–H and O–H groups in total. The lowest BCUT2D eigenvalue weighted by molar-refractivity contribution is -0.140. The number of rotatable bonds is 8. The van der Waals surface area contributed by atoms with Gasteiger partial charge in [0, 0.05) is 13.0 Å². The third-order valence-electron chi connectivity index (χ3n) is 2.09. The number of hydrogen-bond acceptors (Lipinski definition) is 4. The van der Waals surface area contributed by atoms with Gasteiger partial charge in [0.1, 0.15) is 0 Å². The van der Waals surface area contributed by atoms with Gasteiger partial charge in [-0.2, -0.15) is 0 Å². The number of carbonyl (C=O) groups excluding carboxylic acids is 1. The predicted molar refractivity (Wildman–Crippen MR) is 52.8 cm³/mol. The molecule has 84 valence electrons. The van der Waals surface area contributed by atoms with E-state index in [-0.39, 0.29) is 18.7 Å². The van der Waals surface area contributed by atoms with Gasteiger partial charge in [0.05, 0.1) is 13.2 Å². The first-order valence-electron chi connectivity index (χ1n) is 5.06. The molecule has 0 saturated carbocycles. The second-order valence-corrected chi connectivity index (χ2v) is 3.34. The van der Waals surface area contributed by atoms with Crippen molar-refractivity contribution in [3.63, 3.8) is 0 Å². The molecule has 0 saturated heterocycles. The molecule has 0 bridgehead atoms. The van der Waals surface area contributed by atoms with Crippen LogP contribution < -0.4 is 0 Å². The number of ether oxygens (including phenoxy) is 1. The van der Waals surface area contributed by atoms with E-state index in [1.54, 1.807) is 0 Å². The minimum absolute atomic E-state index is 0.124. The van der Waals surface area contributed by atoms with Crippen molar-refractivity contribution in [2.75, 3.05) is 13.7 Å². The molecule has 0 unspecified atom stereocenters. The molecule has 0 spiro atoms. The molecule has 0 rings (SSSR count). The van der Waals surface area contributed by atoms with E-state index >= 15 is 0 Å². The molecular weight excluding hydrogens is 184 g/mol. The smallest absolute Gasteiger partial charge is 0.305 e. The van der Waals surface area contributed by atoms with Crippen molar-refractivity contribution in [1.82, 2.24) is 0 Å². The maximum absolute atomic E-state index is 10.7. The van der Waals surface area contributed by atoms with E-state index in [1.165, 1.54) is 7.11 Å². The van der Waals surface area contributed by atoms with Crippen LogP contribution in [0.1, 0.15) is 38.5 Å². The molecule has 0 aromatic rings. The standard InChI is InChI=1S/C10H20O4/c1-14-10(13)7-3-2-5-9(12)6-4-8-11/h9,11-12H,2-8H2,1H3/t9-/m1/s1. The van der Waals surface area contributed by atoms with Crippen molar-refractivity contribution >= 4 is 5.97 Å². The fourth-order valence-electron chi connectivity index (χ4n) is 1.22. The summed E-state index contributed by atoms with van der Waals surface area (Å²) in [6, 6.07) is 0. The Bertz CT molecular complexity index is 147. The molecular formula is C10H20O4. The van der Waals surface area contributed by atoms with Crippen molar-refractivity contribution < 1.29 is 19.7 Å². The number of aliphatic hydroxyl groups is 2. The lowest BCUT2D eigenvalue weighted by atomic mass is 10.1. The Morgan fingerprint density at radius 1 is 1.29 bits per heavy atom. The Morgan fingerprint density at radius 2 is 1.93 bits per heavy atom. The van der Waals surface area contributed by atoms with Crippen LogP contribution in [-0.2, 0) is 9.53 Å². The van der Waals surface area contributed by atoms with Gasteiger partial charge < -0.3 is 14.9 Å². The highest BCUT2D eigenvalue weighted by atomic mass is 16.5. The molecule has 0 amide bonds. The quantitative estimate of drug-likeness (QED) is 0.454. The zero-order valence-corrected chi connectivity index (χ0v) is 8.74. The summed E-state index contributed by atoms with van der Waals surface area (Å²) < 4.78 is 4.49. The summed E-state index contributed by atoms with van der Waals surface area (Å²) in [5.74, 6) is -0.199. The second kappa shape index (κ2) is 8.97. The van der Waals surface area contributed by atoms with Gasteiger partial charge in [-0.05, 0) is 25.7 Å². The Kier molecular flexibility index (Phi) is 8.57. The molecule has 0 aliphatic rings. The zero-order valence-electron chi connectivity index (χ0n) is 8.74. The van der Waals surface area contributed by atoms with E-state index in [0.717, 1.165) is 12.8 Å². The van der Waals surface area contributed by atoms with Crippen molar-refractivity contribution in [3.05, 3.63) is 0 Å². The summed E-state index contributed by atoms with van der Waals surface area (Å²) in [5.41, 5.74) is 0. The largest absolute Gasteiger partial charge is 0.469 e. The fourth-order valence-corrected chi connectivity index (χ4v) is 1.22. The molecule has 0 aliphatic carbocycles. The molecule has 14 heavy (non-hydrogen) atoms. The monoisotopic (exact) mass is 204 g/mol. The molecule has 4 heteroatoms. The fraction of sp³-hybridized carbons (Fsp3) is 0.900. The van der Waals surface area contributed by atoms with E-state index < -0.39 is 0 Å². The van der Waals surface area contributed by atoms with Gasteiger partial charge in [-0.3, -0.25) is 4.79 Å². The van der Waals surface area contributed by atoms with E-state index in [4.69, 9.17) is 5.11 Å². The van der Waals surface area contributed by atoms with Crippen molar-refractivity contribution in [1.29, 1.82) is 0 Å². The van der Waals surface area contributed by atoms with Crippen LogP contribution in [0.3, 0.4) is 0 Å². The van der Waals surface area contributed by atoms with E-state index in [9.17, 15) is 9.90 Å². The molecule has 4 nitrogen and oxygen atoms in total. The van der Waals surface area contributed by atoms with Crippen molar-refractivity contribution in [2.24, 2.45) is 0 Å². The number of unbranched alkanes of at least 4 members (excludes halogenated alkanes) is 1. The Hall–Kier alpha value is -0.610. The first-order chi connectivity index (χ1) is 6.70. The highest BCUT2D eigenvalue weighted by molar-refractivity contribution is 5.68. The molecule has 0 aliphatic heterocycles. The van der Waals surface area contributed by atoms with Crippen LogP contribution in [0, 0.1) is 0 Å². The third kappa shape index (κ3) is 8.01. The summed E-state index contributed by atoms with van der Waals surface area (Å²) in [7, 11) is 1.37. The Morgan fingerprint density at radius 3 is 2.50 bits per heavy atom. The number of aliphatic hydroxyl groups excluding tert-OH is 2. The van der Waals surface area contributed by atoms with Gasteiger partial charge in [-0.1, -0.05) is 6.42 Å². The molecule has 1 atom stereocenters. The lowest BCUT2D eigenvalue weighted by Crippen LogP contribution is -2.07. The summed E-state index contributed by atoms with van der Waals surface area (Å²) in [6.07, 6.45) is 3.61. The van der Waals surface area contributed by atoms with Gasteiger partial charge in [0.15, 0.2) is 0 Å². The minimum Gasteiger partial charge on any atom is -0.469 e. The van der Waals surface area contributed by atoms with Crippen molar-refractivity contribution in [3.8, 4) is 0 Å². The van der Waals surface area contributed by atoms with Gasteiger partial charge >= 0.3 is 5.97 Å². The summed E-state index contributed by atoms with van der Waals surface area (Å²) in [5, 5.41) is 17.9. The Balaban J connectivity index is 3.22. The van der Waals surface area contributed by atoms with Crippen LogP contribution in [0.25, 0.3) is 0 Å². The average Bonchev–Trinajstić information content (AvgIpc) is 2.21. The molecule has 0 fully saturated rings. The molecule has 0 aromatic heterocycles. The normalized spacial score (nSPS) is 12.5. The van der Waals surface area contributed by atoms with Gasteiger partial charge in [0.25, 0.3) is 0 Å². The van der Waals surface area contributed by atoms with Crippen LogP contribution in [0.2, 0.25) is 0 Å². The maximum Gasteiger partial charge on any atom is 0.305 e. The molecule has 0 aromatic carbocycles. The topological polar surface area (TPSA) is 66.8 Å². The lowest BCUT2D eigenvalue weighted by Gasteiger charge is -2.08. The van der Waals surface area contributed by atoms with Crippen LogP contribution in [0.15, 0.2) is 0 Å². The summed E-state index contributed by atoms with van der Waals surface area (Å²) in [4.78, 5) is 10.7. The van der Waals surface area contributed by atoms with Crippen molar-refractivity contribution in [2.45, 2.75) is 44.6 Å². The van der Waals surface area contributed by atoms with Crippen LogP contribution in [-0.4, -0.2) is 36.0 Å². The van der Waals surface area contributed by atoms with Crippen LogP contribution >= 0.6 is 0 Å². The van der Waals surface area contributed by atoms with Crippen LogP contribution in [0.4, 0.5) is 0 Å². The maximum atomic E-state index is 10.7. The predicted octanol–water partition coefficient (Wildman–Crippen LogP) is 0.853. The minimum atomic E-state index is -0.347. The summed E-state index contributed by atoms with van der Waals surface area (Å²) in [6.45, 7) is 0.124. The highest BCUT2D eigenvalue weighted by Gasteiger charge is 2.04. The number of carbonyl (C=O) groups is 1. The zero-order chi connectivity index (χ0) is 10.8. The number of hydrogen-bond donors (Lipinski definition) is 2. The molecule has 0 radical (unpaired) electrons. The third-order valence-corrected chi connectivity index (χ3v) is 2.09. The SMILES string of the molecule is COC(=O)CCCC[C@@H](O)CCCO. The first-order valence-corrected chi connectivity index (χ1v) is 5.06. The van der Waals surface area contributed by atoms with Gasteiger partial charge in [0.2, 0.25) is 0 Å². The number of esters is 1. The summed E-state index contributed by atoms with van der Waals surface area (Å²) >= 11 is 0. The Labute approximate surface area is 84.9 Å². The van der Waals surface area contributed by atoms with E-state index in [0.29, 0.717) is 25.7 Å². The van der Waals surface area contributed by atoms with Crippen LogP contribution in [0.5, 0.6) is 0 Å². The first kappa shape index (κ1) is 13.4. The van der Waals surface area contributed by atoms with Gasteiger partial charge in [-0.15, -0.1) is 0 Å². The van der Waals surface area contributed by atoms with Gasteiger partial charge in [-0.25, -0.2) is 0 Å². The molecule has 0 heterocycles. The van der Waals surface area contributed by atoms with E-state index in [2.05, 4.69) is 4.74 Å². The average molecular weight is 204 g/mol.